The fraction of sp³-hybridized carbons (Fsp3) is 0.0909. The number of fused-ring (bicyclic) bond motifs is 6. The Morgan fingerprint density at radius 1 is 0.192 bits per heavy atom. The number of anilines is 12. The first-order chi connectivity index (χ1) is 51.0. The molecule has 0 aliphatic heterocycles. The summed E-state index contributed by atoms with van der Waals surface area (Å²) in [6, 6.07) is 96.3. The lowest BCUT2D eigenvalue weighted by atomic mass is 9.98. The molecular formula is C88H68N8O8. The summed E-state index contributed by atoms with van der Waals surface area (Å²) >= 11 is 0. The van der Waals surface area contributed by atoms with E-state index in [-0.39, 0.29) is 11.1 Å². The SMILES string of the molecule is COc1ccc(N(c2ccc(OC)cc2)c2ccc3c(c2)-c2cc(N(c4ccc(OC)cc4)c4ccc(OC)cc4)ccc2C3=C(C#N)C#N)cc1.COc1ccc(N(c2ccc(OC)cc2)c2ccc3c(c2)-c2cc(N(c4ccc(OC)cc4)c4ccc(OC)cc4)ccc2C3=C(C#N)C#N)cc1. The van der Waals surface area contributed by atoms with Gasteiger partial charge in [0.05, 0.1) is 56.9 Å². The number of hydrogen-bond donors (Lipinski definition) is 0. The highest BCUT2D eigenvalue weighted by Crippen LogP contribution is 2.53. The normalized spacial score (nSPS) is 11.0. The first-order valence-corrected chi connectivity index (χ1v) is 33.0. The summed E-state index contributed by atoms with van der Waals surface area (Å²) in [6.07, 6.45) is 0. The Morgan fingerprint density at radius 2 is 0.327 bits per heavy atom. The molecule has 2 aliphatic carbocycles. The van der Waals surface area contributed by atoms with Crippen LogP contribution in [0.2, 0.25) is 0 Å². The van der Waals surface area contributed by atoms with E-state index in [0.717, 1.165) is 159 Å². The number of nitriles is 4. The Hall–Kier alpha value is -14.3. The van der Waals surface area contributed by atoms with E-state index in [0.29, 0.717) is 11.1 Å². The second-order valence-electron chi connectivity index (χ2n) is 23.8. The van der Waals surface area contributed by atoms with Crippen molar-refractivity contribution >= 4 is 79.4 Å². The lowest BCUT2D eigenvalue weighted by Crippen LogP contribution is -2.10. The van der Waals surface area contributed by atoms with Gasteiger partial charge in [0, 0.05) is 79.4 Å². The Morgan fingerprint density at radius 3 is 0.452 bits per heavy atom. The molecule has 0 heterocycles. The van der Waals surface area contributed by atoms with Crippen molar-refractivity contribution in [1.29, 1.82) is 21.0 Å². The molecule has 0 saturated heterocycles. The van der Waals surface area contributed by atoms with Gasteiger partial charge >= 0.3 is 0 Å². The van der Waals surface area contributed by atoms with Gasteiger partial charge in [-0.25, -0.2) is 0 Å². The molecular weight excluding hydrogens is 1300 g/mol. The van der Waals surface area contributed by atoms with Crippen LogP contribution in [0.25, 0.3) is 33.4 Å². The molecule has 12 aromatic rings. The van der Waals surface area contributed by atoms with Crippen molar-refractivity contribution in [1.82, 2.24) is 0 Å². The predicted molar refractivity (Wildman–Crippen MR) is 409 cm³/mol. The summed E-state index contributed by atoms with van der Waals surface area (Å²) < 4.78 is 43.6. The third-order valence-corrected chi connectivity index (χ3v) is 18.3. The third kappa shape index (κ3) is 13.4. The van der Waals surface area contributed by atoms with Crippen LogP contribution < -0.4 is 57.5 Å². The van der Waals surface area contributed by atoms with Crippen molar-refractivity contribution < 1.29 is 37.9 Å². The molecule has 0 N–H and O–H groups in total. The zero-order valence-corrected chi connectivity index (χ0v) is 58.2. The molecule has 0 fully saturated rings. The van der Waals surface area contributed by atoms with Crippen LogP contribution in [0.15, 0.2) is 278 Å². The van der Waals surface area contributed by atoms with E-state index in [1.807, 2.05) is 243 Å². The van der Waals surface area contributed by atoms with Crippen LogP contribution in [0.4, 0.5) is 68.2 Å². The van der Waals surface area contributed by atoms with Gasteiger partial charge in [0.1, 0.15) is 81.4 Å². The molecule has 0 atom stereocenters. The molecule has 0 aromatic heterocycles. The Labute approximate surface area is 604 Å². The van der Waals surface area contributed by atoms with Crippen molar-refractivity contribution in [3.8, 4) is 92.5 Å². The number of ether oxygens (including phenoxy) is 8. The van der Waals surface area contributed by atoms with Crippen LogP contribution in [0, 0.1) is 45.3 Å². The van der Waals surface area contributed by atoms with Gasteiger partial charge in [0.15, 0.2) is 0 Å². The second kappa shape index (κ2) is 30.4. The average molecular weight is 1370 g/mol. The molecule has 0 spiro atoms. The minimum absolute atomic E-state index is 0.0600. The van der Waals surface area contributed by atoms with Crippen molar-refractivity contribution in [2.75, 3.05) is 76.5 Å². The monoisotopic (exact) mass is 1360 g/mol. The third-order valence-electron chi connectivity index (χ3n) is 18.3. The van der Waals surface area contributed by atoms with Gasteiger partial charge < -0.3 is 57.5 Å². The van der Waals surface area contributed by atoms with Gasteiger partial charge in [0.25, 0.3) is 0 Å². The zero-order valence-electron chi connectivity index (χ0n) is 58.2. The summed E-state index contributed by atoms with van der Waals surface area (Å²) in [4.78, 5) is 8.61. The fourth-order valence-corrected chi connectivity index (χ4v) is 13.2. The maximum Gasteiger partial charge on any atom is 0.138 e. The van der Waals surface area contributed by atoms with Crippen LogP contribution >= 0.6 is 0 Å². The summed E-state index contributed by atoms with van der Waals surface area (Å²) in [5, 5.41) is 40.4. The molecule has 12 aromatic carbocycles. The largest absolute Gasteiger partial charge is 0.497 e. The van der Waals surface area contributed by atoms with Gasteiger partial charge in [-0.2, -0.15) is 21.0 Å². The molecule has 14 rings (SSSR count). The average Bonchev–Trinajstić information content (AvgIpc) is 1.58. The number of rotatable bonds is 20. The Bertz CT molecular complexity index is 4520. The predicted octanol–water partition coefficient (Wildman–Crippen LogP) is 21.0. The highest BCUT2D eigenvalue weighted by molar-refractivity contribution is 6.08. The molecule has 0 amide bonds. The summed E-state index contributed by atoms with van der Waals surface area (Å²) in [6.45, 7) is 0. The van der Waals surface area contributed by atoms with E-state index in [9.17, 15) is 21.0 Å². The smallest absolute Gasteiger partial charge is 0.138 e. The molecule has 0 saturated carbocycles. The summed E-state index contributed by atoms with van der Waals surface area (Å²) in [5.41, 5.74) is 19.2. The number of hydrogen-bond acceptors (Lipinski definition) is 16. The standard InChI is InChI=1S/2C44H34N4O4/c2*1-49-36-15-5-30(6-16-36)47(31-7-17-37(50-2)18-8-31)34-13-23-40-42(25-34)43-26-35(14-24-41(43)44(40)29(27-45)28-46)48(32-9-19-38(51-3)20-10-32)33-11-21-39(52-4)22-12-33/h2*5-26H,1-4H3. The molecule has 16 heteroatoms. The molecule has 0 bridgehead atoms. The lowest BCUT2D eigenvalue weighted by molar-refractivity contribution is 0.414. The van der Waals surface area contributed by atoms with Gasteiger partial charge in [-0.3, -0.25) is 0 Å². The van der Waals surface area contributed by atoms with Crippen molar-refractivity contribution in [2.24, 2.45) is 0 Å². The lowest BCUT2D eigenvalue weighted by Gasteiger charge is -2.27. The van der Waals surface area contributed by atoms with Gasteiger partial charge in [-0.15, -0.1) is 0 Å². The molecule has 16 nitrogen and oxygen atoms in total. The van der Waals surface area contributed by atoms with E-state index < -0.39 is 0 Å². The van der Waals surface area contributed by atoms with Gasteiger partial charge in [0.2, 0.25) is 0 Å². The van der Waals surface area contributed by atoms with Crippen LogP contribution in [-0.4, -0.2) is 56.9 Å². The maximum absolute atomic E-state index is 10.1. The highest BCUT2D eigenvalue weighted by Gasteiger charge is 2.32. The molecule has 2 aliphatic rings. The minimum atomic E-state index is 0.0600. The topological polar surface area (TPSA) is 182 Å². The molecule has 0 radical (unpaired) electrons. The summed E-state index contributed by atoms with van der Waals surface area (Å²) in [5.74, 6) is 6.02. The maximum atomic E-state index is 10.1. The molecule has 104 heavy (non-hydrogen) atoms. The summed E-state index contributed by atoms with van der Waals surface area (Å²) in [7, 11) is 13.2. The number of nitrogens with zero attached hydrogens (tertiary/aromatic N) is 8. The number of methoxy groups -OCH3 is 8. The van der Waals surface area contributed by atoms with E-state index in [1.54, 1.807) is 56.9 Å². The minimum Gasteiger partial charge on any atom is -0.497 e. The van der Waals surface area contributed by atoms with E-state index in [2.05, 4.69) is 68.1 Å². The van der Waals surface area contributed by atoms with Crippen LogP contribution in [0.1, 0.15) is 22.3 Å². The fourth-order valence-electron chi connectivity index (χ4n) is 13.2. The van der Waals surface area contributed by atoms with E-state index >= 15 is 0 Å². The van der Waals surface area contributed by atoms with Crippen LogP contribution in [-0.2, 0) is 0 Å². The van der Waals surface area contributed by atoms with E-state index in [1.165, 1.54) is 0 Å². The second-order valence-corrected chi connectivity index (χ2v) is 23.8. The Kier molecular flexibility index (Phi) is 20.0. The number of benzene rings is 12. The first-order valence-electron chi connectivity index (χ1n) is 33.0. The van der Waals surface area contributed by atoms with Crippen molar-refractivity contribution in [2.45, 2.75) is 0 Å². The van der Waals surface area contributed by atoms with Gasteiger partial charge in [-0.05, 0) is 287 Å². The van der Waals surface area contributed by atoms with Crippen LogP contribution in [0.3, 0.4) is 0 Å². The van der Waals surface area contributed by atoms with Crippen molar-refractivity contribution in [3.05, 3.63) is 300 Å². The molecule has 0 unspecified atom stereocenters. The molecule has 508 valence electrons. The Balaban J connectivity index is 0.000000185. The number of allylic oxidation sites excluding steroid dienone is 2. The first kappa shape index (κ1) is 68.2. The quantitative estimate of drug-likeness (QED) is 0.0656. The highest BCUT2D eigenvalue weighted by atomic mass is 16.5. The van der Waals surface area contributed by atoms with E-state index in [4.69, 9.17) is 37.9 Å². The van der Waals surface area contributed by atoms with Crippen LogP contribution in [0.5, 0.6) is 46.0 Å². The van der Waals surface area contributed by atoms with Crippen molar-refractivity contribution in [3.63, 3.8) is 0 Å². The zero-order chi connectivity index (χ0) is 72.4. The van der Waals surface area contributed by atoms with Gasteiger partial charge in [-0.1, -0.05) is 24.3 Å².